The molecule has 1 aliphatic rings. The van der Waals surface area contributed by atoms with Gasteiger partial charge in [-0.15, -0.1) is 23.4 Å². The zero-order chi connectivity index (χ0) is 26.1. The van der Waals surface area contributed by atoms with E-state index in [9.17, 15) is 9.90 Å². The summed E-state index contributed by atoms with van der Waals surface area (Å²) in [5.41, 5.74) is 2.79. The molecule has 8 heteroatoms. The van der Waals surface area contributed by atoms with Crippen molar-refractivity contribution in [3.63, 3.8) is 0 Å². The molecule has 1 heterocycles. The molecule has 37 heavy (non-hydrogen) atoms. The summed E-state index contributed by atoms with van der Waals surface area (Å²) < 4.78 is 25.4. The first kappa shape index (κ1) is 27.6. The maximum Gasteiger partial charge on any atom is 0.321 e. The second kappa shape index (κ2) is 13.4. The number of rotatable bonds is 11. The number of aliphatic hydroxyl groups is 1. The van der Waals surface area contributed by atoms with E-state index in [4.69, 9.17) is 30.5 Å². The van der Waals surface area contributed by atoms with Crippen LogP contribution in [0.15, 0.2) is 91.0 Å². The van der Waals surface area contributed by atoms with Gasteiger partial charge in [0, 0.05) is 0 Å². The number of carbonyl (C=O) groups excluding carboxylic acids is 1. The number of aliphatic hydroxyl groups excluding tert-OH is 1. The molecule has 0 bridgehead atoms. The lowest BCUT2D eigenvalue weighted by atomic mass is 9.89. The minimum atomic E-state index is -1.05. The molecule has 3 aromatic rings. The number of hydrogen-bond donors (Lipinski definition) is 1. The van der Waals surface area contributed by atoms with Gasteiger partial charge >= 0.3 is 5.97 Å². The normalized spacial score (nSPS) is 25.5. The van der Waals surface area contributed by atoms with Gasteiger partial charge in [-0.1, -0.05) is 91.0 Å². The van der Waals surface area contributed by atoms with Gasteiger partial charge in [0.15, 0.2) is 11.0 Å². The van der Waals surface area contributed by atoms with E-state index in [2.05, 4.69) is 0 Å². The quantitative estimate of drug-likeness (QED) is 0.272. The topological polar surface area (TPSA) is 74.2 Å². The largest absolute Gasteiger partial charge is 0.456 e. The standard InChI is InChI=1S/C29H31ClO6S/c1-37-29(23-15-9-4-10-16-23)28(34-20-22-13-7-3-8-14-22)27(33-19-21-11-5-2-6-12-21)26(24(18-31)36-29)35-25(32)17-30/h2-16,24,26-28,31H,17-20H2,1H3/t24-,26-,27+,28-,29+/m1/s1. The van der Waals surface area contributed by atoms with Crippen molar-refractivity contribution in [2.45, 2.75) is 42.6 Å². The van der Waals surface area contributed by atoms with Crippen molar-refractivity contribution in [2.24, 2.45) is 0 Å². The summed E-state index contributed by atoms with van der Waals surface area (Å²) in [6.07, 6.45) is -1.35. The first-order chi connectivity index (χ1) is 18.1. The van der Waals surface area contributed by atoms with Crippen molar-refractivity contribution in [1.82, 2.24) is 0 Å². The first-order valence-electron chi connectivity index (χ1n) is 12.1. The number of carbonyl (C=O) groups is 1. The molecule has 3 aromatic carbocycles. The number of ether oxygens (including phenoxy) is 4. The molecule has 0 spiro atoms. The van der Waals surface area contributed by atoms with Crippen molar-refractivity contribution < 1.29 is 28.8 Å². The van der Waals surface area contributed by atoms with Gasteiger partial charge in [-0.2, -0.15) is 0 Å². The molecule has 1 fully saturated rings. The fourth-order valence-electron chi connectivity index (χ4n) is 4.53. The molecule has 1 saturated heterocycles. The molecule has 4 rings (SSSR count). The molecule has 0 aromatic heterocycles. The third-order valence-corrected chi connectivity index (χ3v) is 7.67. The summed E-state index contributed by atoms with van der Waals surface area (Å²) >= 11 is 7.24. The zero-order valence-corrected chi connectivity index (χ0v) is 22.1. The van der Waals surface area contributed by atoms with Crippen molar-refractivity contribution in [3.05, 3.63) is 108 Å². The van der Waals surface area contributed by atoms with Gasteiger partial charge in [0.05, 0.1) is 19.8 Å². The van der Waals surface area contributed by atoms with E-state index in [0.717, 1.165) is 16.7 Å². The molecule has 0 unspecified atom stereocenters. The third-order valence-electron chi connectivity index (χ3n) is 6.28. The Kier molecular flexibility index (Phi) is 10.0. The summed E-state index contributed by atoms with van der Waals surface area (Å²) in [5.74, 6) is -0.956. The number of hydrogen-bond acceptors (Lipinski definition) is 7. The summed E-state index contributed by atoms with van der Waals surface area (Å²) in [6, 6.07) is 29.2. The van der Waals surface area contributed by atoms with E-state index in [-0.39, 0.29) is 25.7 Å². The molecule has 0 aliphatic carbocycles. The SMILES string of the molecule is CS[C@]1(c2ccccc2)O[C@H](CO)[C@@H](OC(=O)CCl)[C@H](OCc2ccccc2)[C@H]1OCc1ccccc1. The molecule has 6 nitrogen and oxygen atoms in total. The molecule has 196 valence electrons. The summed E-state index contributed by atoms with van der Waals surface area (Å²) in [4.78, 5) is 11.3. The maximum atomic E-state index is 12.4. The number of esters is 1. The molecule has 0 saturated carbocycles. The predicted octanol–water partition coefficient (Wildman–Crippen LogP) is 4.91. The van der Waals surface area contributed by atoms with Gasteiger partial charge in [0.2, 0.25) is 0 Å². The lowest BCUT2D eigenvalue weighted by Crippen LogP contribution is -2.64. The van der Waals surface area contributed by atoms with Crippen LogP contribution in [0.4, 0.5) is 0 Å². The molecule has 5 atom stereocenters. The molecule has 0 amide bonds. The predicted molar refractivity (Wildman–Crippen MR) is 144 cm³/mol. The highest BCUT2D eigenvalue weighted by molar-refractivity contribution is 7.99. The van der Waals surface area contributed by atoms with Crippen molar-refractivity contribution in [2.75, 3.05) is 18.7 Å². The van der Waals surface area contributed by atoms with Crippen LogP contribution in [0.5, 0.6) is 0 Å². The van der Waals surface area contributed by atoms with Gasteiger partial charge in [0.1, 0.15) is 24.2 Å². The van der Waals surface area contributed by atoms with Gasteiger partial charge < -0.3 is 24.1 Å². The van der Waals surface area contributed by atoms with E-state index in [1.54, 1.807) is 0 Å². The van der Waals surface area contributed by atoms with Crippen LogP contribution in [0, 0.1) is 0 Å². The Hall–Kier alpha value is -2.39. The minimum Gasteiger partial charge on any atom is -0.456 e. The van der Waals surface area contributed by atoms with Crippen LogP contribution in [0.1, 0.15) is 16.7 Å². The van der Waals surface area contributed by atoms with E-state index in [0.29, 0.717) is 0 Å². The maximum absolute atomic E-state index is 12.4. The van der Waals surface area contributed by atoms with Gasteiger partial charge in [0.25, 0.3) is 0 Å². The average Bonchev–Trinajstić information content (AvgIpc) is 2.96. The third kappa shape index (κ3) is 6.55. The second-order valence-electron chi connectivity index (χ2n) is 8.64. The van der Waals surface area contributed by atoms with Crippen LogP contribution < -0.4 is 0 Å². The van der Waals surface area contributed by atoms with E-state index in [1.807, 2.05) is 97.3 Å². The van der Waals surface area contributed by atoms with Crippen LogP contribution in [-0.4, -0.2) is 54.2 Å². The Morgan fingerprint density at radius 3 is 1.95 bits per heavy atom. The number of alkyl halides is 1. The van der Waals surface area contributed by atoms with Crippen LogP contribution in [0.2, 0.25) is 0 Å². The number of thioether (sulfide) groups is 1. The highest BCUT2D eigenvalue weighted by Crippen LogP contribution is 2.49. The second-order valence-corrected chi connectivity index (χ2v) is 9.93. The molecule has 1 aliphatic heterocycles. The number of halogens is 1. The lowest BCUT2D eigenvalue weighted by Gasteiger charge is -2.51. The Balaban J connectivity index is 1.77. The fraction of sp³-hybridized carbons (Fsp3) is 0.345. The molecule has 1 N–H and O–H groups in total. The Labute approximate surface area is 226 Å². The summed E-state index contributed by atoms with van der Waals surface area (Å²) in [6.45, 7) is 0.157. The lowest BCUT2D eigenvalue weighted by molar-refractivity contribution is -0.276. The summed E-state index contributed by atoms with van der Waals surface area (Å²) in [5, 5.41) is 10.4. The fourth-order valence-corrected chi connectivity index (χ4v) is 5.61. The van der Waals surface area contributed by atoms with Gasteiger partial charge in [-0.25, -0.2) is 0 Å². The van der Waals surface area contributed by atoms with E-state index in [1.165, 1.54) is 11.8 Å². The van der Waals surface area contributed by atoms with Crippen molar-refractivity contribution in [3.8, 4) is 0 Å². The zero-order valence-electron chi connectivity index (χ0n) is 20.6. The van der Waals surface area contributed by atoms with Crippen LogP contribution in [0.25, 0.3) is 0 Å². The monoisotopic (exact) mass is 542 g/mol. The first-order valence-corrected chi connectivity index (χ1v) is 13.8. The van der Waals surface area contributed by atoms with Gasteiger partial charge in [-0.3, -0.25) is 4.79 Å². The van der Waals surface area contributed by atoms with Crippen LogP contribution in [0.3, 0.4) is 0 Å². The minimum absolute atomic E-state index is 0.253. The van der Waals surface area contributed by atoms with Crippen molar-refractivity contribution in [1.29, 1.82) is 0 Å². The van der Waals surface area contributed by atoms with E-state index < -0.39 is 35.3 Å². The molecular weight excluding hydrogens is 512 g/mol. The molecule has 0 radical (unpaired) electrons. The Morgan fingerprint density at radius 1 is 0.892 bits per heavy atom. The molecular formula is C29H31ClO6S. The van der Waals surface area contributed by atoms with Crippen LogP contribution in [-0.2, 0) is 41.9 Å². The van der Waals surface area contributed by atoms with E-state index >= 15 is 0 Å². The Bertz CT molecular complexity index is 1100. The smallest absolute Gasteiger partial charge is 0.321 e. The highest BCUT2D eigenvalue weighted by atomic mass is 35.5. The highest BCUT2D eigenvalue weighted by Gasteiger charge is 2.58. The average molecular weight is 543 g/mol. The Morgan fingerprint density at radius 2 is 1.43 bits per heavy atom. The summed E-state index contributed by atoms with van der Waals surface area (Å²) in [7, 11) is 0. The van der Waals surface area contributed by atoms with Gasteiger partial charge in [-0.05, 0) is 22.9 Å². The number of benzene rings is 3. The van der Waals surface area contributed by atoms with Crippen molar-refractivity contribution >= 4 is 29.3 Å². The van der Waals surface area contributed by atoms with Crippen LogP contribution >= 0.6 is 23.4 Å².